The SMILES string of the molecule is c1ccc(-c2nc(-c3cccc(-n4c5ccccc5c5ccc(-n6c7ccccc7c7ccccc76)cc54)c3)nc(-c3ccccc3-c3ccccc3)n2)cc1. The Bertz CT molecular complexity index is 3200. The van der Waals surface area contributed by atoms with E-state index in [9.17, 15) is 0 Å². The smallest absolute Gasteiger partial charge is 0.164 e. The number of hydrogen-bond donors (Lipinski definition) is 0. The van der Waals surface area contributed by atoms with Crippen molar-refractivity contribution in [3.8, 4) is 56.7 Å². The molecule has 0 bridgehead atoms. The molecule has 0 atom stereocenters. The standard InChI is InChI=1S/C51H33N5/c1-3-16-34(17-4-1)39-22-7-8-26-44(39)51-53-49(35-18-5-2-6-19-35)52-50(54-51)36-20-15-21-37(32-36)56-47-29-14-11-25-42(47)43-31-30-38(33-48(43)56)55-45-27-12-9-23-40(45)41-24-10-13-28-46(41)55/h1-33H. The van der Waals surface area contributed by atoms with E-state index in [2.05, 4.69) is 179 Å². The third-order valence-electron chi connectivity index (χ3n) is 10.8. The number of para-hydroxylation sites is 3. The monoisotopic (exact) mass is 715 g/mol. The summed E-state index contributed by atoms with van der Waals surface area (Å²) in [7, 11) is 0. The summed E-state index contributed by atoms with van der Waals surface area (Å²) in [6, 6.07) is 70.3. The maximum atomic E-state index is 5.20. The summed E-state index contributed by atoms with van der Waals surface area (Å²) in [6.07, 6.45) is 0. The Morgan fingerprint density at radius 2 is 0.714 bits per heavy atom. The lowest BCUT2D eigenvalue weighted by atomic mass is 9.99. The number of nitrogens with zero attached hydrogens (tertiary/aromatic N) is 5. The molecule has 0 spiro atoms. The van der Waals surface area contributed by atoms with E-state index in [1.165, 1.54) is 32.6 Å². The summed E-state index contributed by atoms with van der Waals surface area (Å²) in [5, 5.41) is 4.89. The van der Waals surface area contributed by atoms with Crippen LogP contribution in [0.25, 0.3) is 100 Å². The van der Waals surface area contributed by atoms with Crippen LogP contribution in [0, 0.1) is 0 Å². The Morgan fingerprint density at radius 1 is 0.268 bits per heavy atom. The summed E-state index contributed by atoms with van der Waals surface area (Å²) in [4.78, 5) is 15.4. The number of hydrogen-bond acceptors (Lipinski definition) is 3. The lowest BCUT2D eigenvalue weighted by Gasteiger charge is -2.14. The normalized spacial score (nSPS) is 11.6. The summed E-state index contributed by atoms with van der Waals surface area (Å²) >= 11 is 0. The first kappa shape index (κ1) is 31.9. The van der Waals surface area contributed by atoms with Crippen LogP contribution in [0.4, 0.5) is 0 Å². The minimum Gasteiger partial charge on any atom is -0.309 e. The predicted molar refractivity (Wildman–Crippen MR) is 230 cm³/mol. The number of fused-ring (bicyclic) bond motifs is 6. The van der Waals surface area contributed by atoms with Gasteiger partial charge in [-0.15, -0.1) is 0 Å². The Morgan fingerprint density at radius 3 is 1.36 bits per heavy atom. The fourth-order valence-corrected chi connectivity index (χ4v) is 8.25. The highest BCUT2D eigenvalue weighted by molar-refractivity contribution is 6.12. The maximum Gasteiger partial charge on any atom is 0.164 e. The van der Waals surface area contributed by atoms with E-state index in [1.54, 1.807) is 0 Å². The van der Waals surface area contributed by atoms with Crippen LogP contribution in [0.3, 0.4) is 0 Å². The second-order valence-electron chi connectivity index (χ2n) is 14.1. The van der Waals surface area contributed by atoms with Crippen molar-refractivity contribution in [2.75, 3.05) is 0 Å². The minimum atomic E-state index is 0.616. The molecule has 5 nitrogen and oxygen atoms in total. The second-order valence-corrected chi connectivity index (χ2v) is 14.1. The van der Waals surface area contributed by atoms with Crippen molar-refractivity contribution in [3.63, 3.8) is 0 Å². The molecule has 56 heavy (non-hydrogen) atoms. The van der Waals surface area contributed by atoms with Gasteiger partial charge in [0.15, 0.2) is 17.5 Å². The number of aromatic nitrogens is 5. The molecule has 0 unspecified atom stereocenters. The van der Waals surface area contributed by atoms with Crippen molar-refractivity contribution in [2.24, 2.45) is 0 Å². The van der Waals surface area contributed by atoms with Gasteiger partial charge in [-0.1, -0.05) is 158 Å². The summed E-state index contributed by atoms with van der Waals surface area (Å²) in [5.41, 5.74) is 11.8. The van der Waals surface area contributed by atoms with Gasteiger partial charge in [0.05, 0.1) is 22.1 Å². The lowest BCUT2D eigenvalue weighted by Crippen LogP contribution is -2.02. The molecule has 0 aliphatic rings. The molecule has 0 saturated heterocycles. The van der Waals surface area contributed by atoms with Crippen molar-refractivity contribution in [1.82, 2.24) is 24.1 Å². The molecule has 5 heteroatoms. The first-order valence-corrected chi connectivity index (χ1v) is 18.9. The Hall–Kier alpha value is -7.63. The van der Waals surface area contributed by atoms with Crippen molar-refractivity contribution in [1.29, 1.82) is 0 Å². The second kappa shape index (κ2) is 13.0. The first-order valence-electron chi connectivity index (χ1n) is 18.9. The highest BCUT2D eigenvalue weighted by Crippen LogP contribution is 2.38. The zero-order valence-corrected chi connectivity index (χ0v) is 30.3. The van der Waals surface area contributed by atoms with Gasteiger partial charge >= 0.3 is 0 Å². The van der Waals surface area contributed by atoms with Gasteiger partial charge in [-0.05, 0) is 53.6 Å². The quantitative estimate of drug-likeness (QED) is 0.172. The zero-order valence-electron chi connectivity index (χ0n) is 30.3. The van der Waals surface area contributed by atoms with Gasteiger partial charge in [0, 0.05) is 49.6 Å². The van der Waals surface area contributed by atoms with Crippen LogP contribution in [0.2, 0.25) is 0 Å². The Kier molecular flexibility index (Phi) is 7.42. The highest BCUT2D eigenvalue weighted by atomic mass is 15.0. The zero-order chi connectivity index (χ0) is 37.0. The van der Waals surface area contributed by atoms with Gasteiger partial charge in [-0.3, -0.25) is 0 Å². The maximum absolute atomic E-state index is 5.20. The van der Waals surface area contributed by atoms with Crippen LogP contribution in [0.5, 0.6) is 0 Å². The van der Waals surface area contributed by atoms with Crippen molar-refractivity contribution in [2.45, 2.75) is 0 Å². The van der Waals surface area contributed by atoms with Gasteiger partial charge in [0.2, 0.25) is 0 Å². The van der Waals surface area contributed by atoms with Gasteiger partial charge < -0.3 is 9.13 Å². The molecule has 0 N–H and O–H groups in total. The van der Waals surface area contributed by atoms with Crippen LogP contribution < -0.4 is 0 Å². The molecule has 0 aliphatic heterocycles. The molecule has 3 aromatic heterocycles. The third-order valence-corrected chi connectivity index (χ3v) is 10.8. The summed E-state index contributed by atoms with van der Waals surface area (Å²) < 4.78 is 4.75. The molecule has 0 fully saturated rings. The van der Waals surface area contributed by atoms with Crippen LogP contribution in [-0.2, 0) is 0 Å². The minimum absolute atomic E-state index is 0.616. The van der Waals surface area contributed by atoms with Crippen LogP contribution in [0.1, 0.15) is 0 Å². The number of benzene rings is 8. The average Bonchev–Trinajstić information content (AvgIpc) is 3.79. The molecule has 11 rings (SSSR count). The fraction of sp³-hybridized carbons (Fsp3) is 0. The van der Waals surface area contributed by atoms with E-state index < -0.39 is 0 Å². The van der Waals surface area contributed by atoms with E-state index in [0.717, 1.165) is 50.2 Å². The molecule has 11 aromatic rings. The lowest BCUT2D eigenvalue weighted by molar-refractivity contribution is 1.07. The van der Waals surface area contributed by atoms with E-state index in [0.29, 0.717) is 17.5 Å². The highest BCUT2D eigenvalue weighted by Gasteiger charge is 2.19. The van der Waals surface area contributed by atoms with Gasteiger partial charge in [0.25, 0.3) is 0 Å². The molecular weight excluding hydrogens is 683 g/mol. The molecule has 0 saturated carbocycles. The Balaban J connectivity index is 1.11. The molecule has 8 aromatic carbocycles. The fourth-order valence-electron chi connectivity index (χ4n) is 8.25. The van der Waals surface area contributed by atoms with E-state index in [4.69, 9.17) is 15.0 Å². The third kappa shape index (κ3) is 5.21. The van der Waals surface area contributed by atoms with Gasteiger partial charge in [-0.2, -0.15) is 0 Å². The topological polar surface area (TPSA) is 48.5 Å². The number of rotatable bonds is 6. The average molecular weight is 716 g/mol. The largest absolute Gasteiger partial charge is 0.309 e. The Labute approximate surface area is 323 Å². The molecular formula is C51H33N5. The molecule has 0 aliphatic carbocycles. The van der Waals surface area contributed by atoms with Gasteiger partial charge in [-0.25, -0.2) is 15.0 Å². The van der Waals surface area contributed by atoms with Crippen molar-refractivity contribution >= 4 is 43.6 Å². The predicted octanol–water partition coefficient (Wildman–Crippen LogP) is 12.7. The van der Waals surface area contributed by atoms with E-state index >= 15 is 0 Å². The molecule has 262 valence electrons. The van der Waals surface area contributed by atoms with Crippen LogP contribution in [-0.4, -0.2) is 24.1 Å². The first-order chi connectivity index (χ1) is 27.8. The van der Waals surface area contributed by atoms with Crippen LogP contribution >= 0.6 is 0 Å². The van der Waals surface area contributed by atoms with Gasteiger partial charge in [0.1, 0.15) is 0 Å². The van der Waals surface area contributed by atoms with Crippen molar-refractivity contribution < 1.29 is 0 Å². The molecule has 0 amide bonds. The summed E-state index contributed by atoms with van der Waals surface area (Å²) in [5.74, 6) is 1.88. The summed E-state index contributed by atoms with van der Waals surface area (Å²) in [6.45, 7) is 0. The molecule has 0 radical (unpaired) electrons. The molecule has 3 heterocycles. The van der Waals surface area contributed by atoms with E-state index in [1.807, 2.05) is 30.3 Å². The van der Waals surface area contributed by atoms with E-state index in [-0.39, 0.29) is 0 Å². The van der Waals surface area contributed by atoms with Crippen LogP contribution in [0.15, 0.2) is 200 Å². The van der Waals surface area contributed by atoms with Crippen molar-refractivity contribution in [3.05, 3.63) is 200 Å².